The van der Waals surface area contributed by atoms with Gasteiger partial charge in [0, 0.05) is 4.70 Å². The summed E-state index contributed by atoms with van der Waals surface area (Å²) in [4.78, 5) is 5.23. The number of fused-ring (bicyclic) bond motifs is 1. The standard InChI is InChI=1S/C11H8N2OS/c1-7-12-11(14-13-7)10-6-8-4-2-3-5-9(8)15-10/h2-6H,1H3. The Balaban J connectivity index is 2.19. The van der Waals surface area contributed by atoms with E-state index in [1.54, 1.807) is 11.3 Å². The topological polar surface area (TPSA) is 38.9 Å². The van der Waals surface area contributed by atoms with E-state index in [4.69, 9.17) is 4.52 Å². The van der Waals surface area contributed by atoms with Crippen molar-refractivity contribution >= 4 is 21.4 Å². The van der Waals surface area contributed by atoms with Crippen LogP contribution in [0.2, 0.25) is 0 Å². The number of hydrogen-bond acceptors (Lipinski definition) is 4. The fraction of sp³-hybridized carbons (Fsp3) is 0.0909. The maximum atomic E-state index is 5.13. The molecular weight excluding hydrogens is 208 g/mol. The van der Waals surface area contributed by atoms with E-state index in [1.807, 2.05) is 19.1 Å². The Hall–Kier alpha value is -1.68. The number of aryl methyl sites for hydroxylation is 1. The van der Waals surface area contributed by atoms with E-state index >= 15 is 0 Å². The van der Waals surface area contributed by atoms with Crippen molar-refractivity contribution in [2.45, 2.75) is 6.92 Å². The first-order chi connectivity index (χ1) is 7.33. The van der Waals surface area contributed by atoms with Crippen LogP contribution in [0.25, 0.3) is 20.9 Å². The summed E-state index contributed by atoms with van der Waals surface area (Å²) in [6.07, 6.45) is 0. The average molecular weight is 216 g/mol. The summed E-state index contributed by atoms with van der Waals surface area (Å²) in [5.41, 5.74) is 0. The molecule has 0 saturated carbocycles. The number of rotatable bonds is 1. The highest BCUT2D eigenvalue weighted by molar-refractivity contribution is 7.22. The van der Waals surface area contributed by atoms with Crippen LogP contribution in [0.3, 0.4) is 0 Å². The van der Waals surface area contributed by atoms with Gasteiger partial charge in [-0.2, -0.15) is 4.98 Å². The summed E-state index contributed by atoms with van der Waals surface area (Å²) in [6, 6.07) is 10.3. The minimum absolute atomic E-state index is 0.605. The minimum atomic E-state index is 0.605. The second kappa shape index (κ2) is 3.17. The fourth-order valence-corrected chi connectivity index (χ4v) is 2.47. The molecule has 0 amide bonds. The van der Waals surface area contributed by atoms with E-state index < -0.39 is 0 Å². The zero-order valence-corrected chi connectivity index (χ0v) is 8.91. The summed E-state index contributed by atoms with van der Waals surface area (Å²) in [5, 5.41) is 5.00. The smallest absolute Gasteiger partial charge is 0.268 e. The van der Waals surface area contributed by atoms with Gasteiger partial charge >= 0.3 is 0 Å². The molecule has 3 aromatic rings. The van der Waals surface area contributed by atoms with Gasteiger partial charge in [0.25, 0.3) is 5.89 Å². The molecule has 0 bridgehead atoms. The molecule has 74 valence electrons. The summed E-state index contributed by atoms with van der Waals surface area (Å²) in [6.45, 7) is 1.82. The van der Waals surface area contributed by atoms with E-state index in [1.165, 1.54) is 10.1 Å². The van der Waals surface area contributed by atoms with Crippen molar-refractivity contribution in [2.24, 2.45) is 0 Å². The fourth-order valence-electron chi connectivity index (χ4n) is 1.48. The van der Waals surface area contributed by atoms with E-state index in [-0.39, 0.29) is 0 Å². The van der Waals surface area contributed by atoms with Gasteiger partial charge in [0.1, 0.15) is 0 Å². The van der Waals surface area contributed by atoms with Gasteiger partial charge in [-0.3, -0.25) is 0 Å². The lowest BCUT2D eigenvalue weighted by Crippen LogP contribution is -1.72. The normalized spacial score (nSPS) is 11.0. The first kappa shape index (κ1) is 8.61. The molecule has 0 saturated heterocycles. The van der Waals surface area contributed by atoms with Gasteiger partial charge in [0.2, 0.25) is 0 Å². The largest absolute Gasteiger partial charge is 0.333 e. The molecule has 1 aromatic carbocycles. The quantitative estimate of drug-likeness (QED) is 0.626. The Labute approximate surface area is 90.4 Å². The number of hydrogen-bond donors (Lipinski definition) is 0. The van der Waals surface area contributed by atoms with Crippen LogP contribution < -0.4 is 0 Å². The molecule has 4 heteroatoms. The third kappa shape index (κ3) is 1.43. The zero-order valence-electron chi connectivity index (χ0n) is 8.10. The maximum Gasteiger partial charge on any atom is 0.268 e. The second-order valence-electron chi connectivity index (χ2n) is 3.30. The summed E-state index contributed by atoms with van der Waals surface area (Å²) in [5.74, 6) is 1.27. The monoisotopic (exact) mass is 216 g/mol. The molecule has 0 unspecified atom stereocenters. The van der Waals surface area contributed by atoms with Crippen molar-refractivity contribution in [1.29, 1.82) is 0 Å². The second-order valence-corrected chi connectivity index (χ2v) is 4.38. The molecule has 0 radical (unpaired) electrons. The van der Waals surface area contributed by atoms with Crippen LogP contribution >= 0.6 is 11.3 Å². The highest BCUT2D eigenvalue weighted by Crippen LogP contribution is 2.32. The SMILES string of the molecule is Cc1noc(-c2cc3ccccc3s2)n1. The maximum absolute atomic E-state index is 5.13. The Bertz CT molecular complexity index is 579. The van der Waals surface area contributed by atoms with Gasteiger partial charge in [-0.05, 0) is 24.4 Å². The van der Waals surface area contributed by atoms with Crippen LogP contribution in [-0.4, -0.2) is 10.1 Å². The van der Waals surface area contributed by atoms with Crippen LogP contribution in [-0.2, 0) is 0 Å². The van der Waals surface area contributed by atoms with Gasteiger partial charge < -0.3 is 4.52 Å². The van der Waals surface area contributed by atoms with Crippen LogP contribution in [0.5, 0.6) is 0 Å². The lowest BCUT2D eigenvalue weighted by atomic mass is 10.2. The predicted molar refractivity (Wildman–Crippen MR) is 59.9 cm³/mol. The van der Waals surface area contributed by atoms with Crippen LogP contribution in [0.1, 0.15) is 5.82 Å². The van der Waals surface area contributed by atoms with Crippen molar-refractivity contribution in [3.05, 3.63) is 36.2 Å². The Morgan fingerprint density at radius 3 is 2.87 bits per heavy atom. The molecule has 0 aliphatic rings. The van der Waals surface area contributed by atoms with E-state index in [0.29, 0.717) is 11.7 Å². The molecule has 0 fully saturated rings. The molecule has 0 aliphatic carbocycles. The van der Waals surface area contributed by atoms with Gasteiger partial charge in [-0.1, -0.05) is 23.4 Å². The highest BCUT2D eigenvalue weighted by Gasteiger charge is 2.09. The first-order valence-electron chi connectivity index (χ1n) is 4.62. The summed E-state index contributed by atoms with van der Waals surface area (Å²) in [7, 11) is 0. The summed E-state index contributed by atoms with van der Waals surface area (Å²) >= 11 is 1.67. The van der Waals surface area contributed by atoms with Gasteiger partial charge in [-0.15, -0.1) is 11.3 Å². The van der Waals surface area contributed by atoms with Crippen LogP contribution in [0.4, 0.5) is 0 Å². The lowest BCUT2D eigenvalue weighted by molar-refractivity contribution is 0.426. The number of benzene rings is 1. The van der Waals surface area contributed by atoms with Gasteiger partial charge in [-0.25, -0.2) is 0 Å². The first-order valence-corrected chi connectivity index (χ1v) is 5.44. The van der Waals surface area contributed by atoms with Crippen molar-refractivity contribution in [2.75, 3.05) is 0 Å². The molecule has 0 atom stereocenters. The third-order valence-corrected chi connectivity index (χ3v) is 3.27. The lowest BCUT2D eigenvalue weighted by Gasteiger charge is -1.82. The van der Waals surface area contributed by atoms with E-state index in [0.717, 1.165) is 4.88 Å². The van der Waals surface area contributed by atoms with Gasteiger partial charge in [0.05, 0.1) is 4.88 Å². The molecule has 0 aliphatic heterocycles. The summed E-state index contributed by atoms with van der Waals surface area (Å²) < 4.78 is 6.37. The third-order valence-electron chi connectivity index (χ3n) is 2.16. The van der Waals surface area contributed by atoms with Crippen molar-refractivity contribution < 1.29 is 4.52 Å². The average Bonchev–Trinajstić information content (AvgIpc) is 2.82. The number of nitrogens with zero attached hydrogens (tertiary/aromatic N) is 2. The molecule has 3 rings (SSSR count). The van der Waals surface area contributed by atoms with E-state index in [2.05, 4.69) is 28.3 Å². The van der Waals surface area contributed by atoms with Crippen LogP contribution in [0, 0.1) is 6.92 Å². The molecule has 3 nitrogen and oxygen atoms in total. The van der Waals surface area contributed by atoms with E-state index in [9.17, 15) is 0 Å². The molecule has 15 heavy (non-hydrogen) atoms. The molecule has 0 spiro atoms. The highest BCUT2D eigenvalue weighted by atomic mass is 32.1. The van der Waals surface area contributed by atoms with Crippen molar-refractivity contribution in [3.63, 3.8) is 0 Å². The zero-order chi connectivity index (χ0) is 10.3. The van der Waals surface area contributed by atoms with Crippen LogP contribution in [0.15, 0.2) is 34.9 Å². The predicted octanol–water partition coefficient (Wildman–Crippen LogP) is 3.26. The minimum Gasteiger partial charge on any atom is -0.333 e. The molecule has 0 N–H and O–H groups in total. The van der Waals surface area contributed by atoms with Crippen molar-refractivity contribution in [1.82, 2.24) is 10.1 Å². The van der Waals surface area contributed by atoms with Gasteiger partial charge in [0.15, 0.2) is 5.82 Å². The molecule has 2 aromatic heterocycles. The Morgan fingerprint density at radius 1 is 1.27 bits per heavy atom. The molecular formula is C11H8N2OS. The number of thiophene rings is 1. The Kier molecular flexibility index (Phi) is 1.82. The Morgan fingerprint density at radius 2 is 2.13 bits per heavy atom. The number of aromatic nitrogens is 2. The molecule has 2 heterocycles. The van der Waals surface area contributed by atoms with Crippen molar-refractivity contribution in [3.8, 4) is 10.8 Å².